The first-order chi connectivity index (χ1) is 13.5. The first-order valence-corrected chi connectivity index (χ1v) is 11.2. The van der Waals surface area contributed by atoms with Gasteiger partial charge in [0.25, 0.3) is 0 Å². The van der Waals surface area contributed by atoms with Gasteiger partial charge in [0.05, 0.1) is 36.2 Å². The molecule has 0 aliphatic carbocycles. The summed E-state index contributed by atoms with van der Waals surface area (Å²) < 4.78 is 26.3. The quantitative estimate of drug-likeness (QED) is 0.680. The number of rotatable bonds is 5. The molecule has 1 aliphatic heterocycles. The molecule has 3 aromatic heterocycles. The summed E-state index contributed by atoms with van der Waals surface area (Å²) in [6.45, 7) is 4.91. The van der Waals surface area contributed by atoms with E-state index >= 15 is 0 Å². The Bertz CT molecular complexity index is 1030. The van der Waals surface area contributed by atoms with Crippen LogP contribution in [0.1, 0.15) is 4.88 Å². The molecule has 1 atom stereocenters. The first-order valence-electron chi connectivity index (χ1n) is 8.80. The van der Waals surface area contributed by atoms with Crippen molar-refractivity contribution in [2.45, 2.75) is 6.92 Å². The predicted molar refractivity (Wildman–Crippen MR) is 113 cm³/mol. The summed E-state index contributed by atoms with van der Waals surface area (Å²) in [7, 11) is 0.289. The lowest BCUT2D eigenvalue weighted by molar-refractivity contribution is 0.122. The second kappa shape index (κ2) is 7.98. The van der Waals surface area contributed by atoms with Crippen molar-refractivity contribution in [3.63, 3.8) is 0 Å². The number of pyridine rings is 1. The number of nitrogens with one attached hydrogen (secondary N) is 1. The predicted octanol–water partition coefficient (Wildman–Crippen LogP) is 2.61. The normalized spacial score (nSPS) is 15.6. The second-order valence-electron chi connectivity index (χ2n) is 6.38. The zero-order valence-corrected chi connectivity index (χ0v) is 17.5. The van der Waals surface area contributed by atoms with Crippen LogP contribution in [0.5, 0.6) is 5.88 Å². The number of morpholine rings is 1. The van der Waals surface area contributed by atoms with Gasteiger partial charge in [0.2, 0.25) is 11.8 Å². The topological polar surface area (TPSA) is 89.5 Å². The molecule has 0 amide bonds. The summed E-state index contributed by atoms with van der Waals surface area (Å²) in [5.41, 5.74) is 3.11. The lowest BCUT2D eigenvalue weighted by atomic mass is 10.2. The van der Waals surface area contributed by atoms with E-state index in [0.29, 0.717) is 30.7 Å². The number of anilines is 2. The molecule has 1 fully saturated rings. The van der Waals surface area contributed by atoms with Gasteiger partial charge in [-0.1, -0.05) is 0 Å². The second-order valence-corrected chi connectivity index (χ2v) is 8.75. The monoisotopic (exact) mass is 419 g/mol. The summed E-state index contributed by atoms with van der Waals surface area (Å²) in [5, 5.41) is 0. The first kappa shape index (κ1) is 19.0. The van der Waals surface area contributed by atoms with E-state index in [1.54, 1.807) is 23.8 Å². The summed E-state index contributed by atoms with van der Waals surface area (Å²) in [6.07, 6.45) is 3.29. The third-order valence-corrected chi connectivity index (χ3v) is 5.90. The molecule has 4 rings (SSSR count). The van der Waals surface area contributed by atoms with Gasteiger partial charge in [0.15, 0.2) is 0 Å². The zero-order valence-electron chi connectivity index (χ0n) is 15.9. The van der Waals surface area contributed by atoms with Gasteiger partial charge in [-0.3, -0.25) is 0 Å². The zero-order chi connectivity index (χ0) is 19.7. The minimum absolute atomic E-state index is 0.389. The molecule has 8 nitrogen and oxygen atoms in total. The van der Waals surface area contributed by atoms with E-state index in [1.165, 1.54) is 12.0 Å². The van der Waals surface area contributed by atoms with Crippen LogP contribution in [0.3, 0.4) is 0 Å². The van der Waals surface area contributed by atoms with E-state index in [-0.39, 0.29) is 0 Å². The standard InChI is InChI=1S/C18H21N5O3S2/c1-11-8-13-16(27-11)15(21-18(20-13)23-4-6-26-7-5-23)12-9-14(22-28(3)24)17(25-2)19-10-12/h8-10,22H,4-7H2,1-3H3. The Balaban J connectivity index is 1.86. The van der Waals surface area contributed by atoms with Crippen LogP contribution < -0.4 is 14.4 Å². The molecule has 148 valence electrons. The minimum Gasteiger partial charge on any atom is -0.480 e. The van der Waals surface area contributed by atoms with Crippen LogP contribution in [0.25, 0.3) is 21.5 Å². The smallest absolute Gasteiger partial charge is 0.238 e. The van der Waals surface area contributed by atoms with Crippen LogP contribution >= 0.6 is 11.3 Å². The molecule has 0 saturated carbocycles. The van der Waals surface area contributed by atoms with E-state index in [9.17, 15) is 4.21 Å². The van der Waals surface area contributed by atoms with Crippen molar-refractivity contribution in [2.24, 2.45) is 0 Å². The van der Waals surface area contributed by atoms with Gasteiger partial charge in [-0.05, 0) is 19.1 Å². The van der Waals surface area contributed by atoms with Crippen LogP contribution in [0.4, 0.5) is 11.6 Å². The Morgan fingerprint density at radius 2 is 2.07 bits per heavy atom. The van der Waals surface area contributed by atoms with Crippen molar-refractivity contribution < 1.29 is 13.7 Å². The van der Waals surface area contributed by atoms with Gasteiger partial charge in [-0.15, -0.1) is 11.3 Å². The van der Waals surface area contributed by atoms with Gasteiger partial charge in [0, 0.05) is 36.0 Å². The van der Waals surface area contributed by atoms with Crippen molar-refractivity contribution in [2.75, 3.05) is 49.3 Å². The Labute approximate surface area is 169 Å². The van der Waals surface area contributed by atoms with E-state index in [1.807, 2.05) is 6.07 Å². The lowest BCUT2D eigenvalue weighted by Crippen LogP contribution is -2.37. The van der Waals surface area contributed by atoms with Crippen molar-refractivity contribution in [3.05, 3.63) is 23.2 Å². The molecule has 1 N–H and O–H groups in total. The number of ether oxygens (including phenoxy) is 2. The molecule has 0 aromatic carbocycles. The highest BCUT2D eigenvalue weighted by molar-refractivity contribution is 7.85. The highest BCUT2D eigenvalue weighted by atomic mass is 32.2. The Kier molecular flexibility index (Phi) is 5.42. The molecule has 28 heavy (non-hydrogen) atoms. The highest BCUT2D eigenvalue weighted by Crippen LogP contribution is 2.36. The number of thiophene rings is 1. The number of nitrogens with zero attached hydrogens (tertiary/aromatic N) is 4. The molecule has 3 aromatic rings. The number of aromatic nitrogens is 3. The average Bonchev–Trinajstić information content (AvgIpc) is 3.07. The lowest BCUT2D eigenvalue weighted by Gasteiger charge is -2.27. The number of aryl methyl sites for hydroxylation is 1. The molecular formula is C18H21N5O3S2. The fourth-order valence-electron chi connectivity index (χ4n) is 3.11. The van der Waals surface area contributed by atoms with Crippen molar-refractivity contribution in [1.29, 1.82) is 0 Å². The van der Waals surface area contributed by atoms with Gasteiger partial charge in [-0.2, -0.15) is 0 Å². The molecule has 1 saturated heterocycles. The molecule has 0 radical (unpaired) electrons. The maximum atomic E-state index is 11.7. The van der Waals surface area contributed by atoms with Crippen molar-refractivity contribution >= 4 is 44.2 Å². The Hall–Kier alpha value is -2.30. The summed E-state index contributed by atoms with van der Waals surface area (Å²) in [5.74, 6) is 1.08. The Morgan fingerprint density at radius 3 is 2.79 bits per heavy atom. The fraction of sp³-hybridized carbons (Fsp3) is 0.389. The SMILES string of the molecule is COc1ncc(-c2nc(N3CCOCC3)nc3cc(C)sc23)cc1NS(C)=O. The number of hydrogen-bond donors (Lipinski definition) is 1. The van der Waals surface area contributed by atoms with E-state index < -0.39 is 11.0 Å². The summed E-state index contributed by atoms with van der Waals surface area (Å²) in [4.78, 5) is 17.3. The Morgan fingerprint density at radius 1 is 1.29 bits per heavy atom. The molecule has 1 aliphatic rings. The maximum Gasteiger partial charge on any atom is 0.238 e. The van der Waals surface area contributed by atoms with Gasteiger partial charge in [-0.25, -0.2) is 19.2 Å². The fourth-order valence-corrected chi connectivity index (χ4v) is 4.53. The largest absolute Gasteiger partial charge is 0.480 e. The average molecular weight is 420 g/mol. The van der Waals surface area contributed by atoms with Crippen molar-refractivity contribution in [3.8, 4) is 17.1 Å². The molecule has 0 spiro atoms. The van der Waals surface area contributed by atoms with Crippen molar-refractivity contribution in [1.82, 2.24) is 15.0 Å². The molecule has 0 bridgehead atoms. The van der Waals surface area contributed by atoms with Gasteiger partial charge < -0.3 is 19.1 Å². The van der Waals surface area contributed by atoms with Gasteiger partial charge >= 0.3 is 0 Å². The van der Waals surface area contributed by atoms with E-state index in [0.717, 1.165) is 34.6 Å². The molecule has 4 heterocycles. The molecule has 10 heteroatoms. The van der Waals surface area contributed by atoms with Crippen LogP contribution in [-0.2, 0) is 15.7 Å². The molecule has 1 unspecified atom stereocenters. The third kappa shape index (κ3) is 3.80. The van der Waals surface area contributed by atoms with E-state index in [2.05, 4.69) is 27.6 Å². The summed E-state index contributed by atoms with van der Waals surface area (Å²) >= 11 is 1.65. The number of fused-ring (bicyclic) bond motifs is 1. The highest BCUT2D eigenvalue weighted by Gasteiger charge is 2.20. The third-order valence-electron chi connectivity index (χ3n) is 4.35. The van der Waals surface area contributed by atoms with Crippen LogP contribution in [0.15, 0.2) is 18.3 Å². The maximum absolute atomic E-state index is 11.7. The van der Waals surface area contributed by atoms with Crippen LogP contribution in [-0.4, -0.2) is 58.8 Å². The van der Waals surface area contributed by atoms with Crippen LogP contribution in [0, 0.1) is 6.92 Å². The van der Waals surface area contributed by atoms with Crippen LogP contribution in [0.2, 0.25) is 0 Å². The van der Waals surface area contributed by atoms with E-state index in [4.69, 9.17) is 19.4 Å². The number of hydrogen-bond acceptors (Lipinski definition) is 8. The minimum atomic E-state index is -1.25. The number of methoxy groups -OCH3 is 1. The molecular weight excluding hydrogens is 398 g/mol. The summed E-state index contributed by atoms with van der Waals surface area (Å²) in [6, 6.07) is 3.94. The van der Waals surface area contributed by atoms with Gasteiger partial charge in [0.1, 0.15) is 16.7 Å².